The summed E-state index contributed by atoms with van der Waals surface area (Å²) in [5.41, 5.74) is 0.875. The van der Waals surface area contributed by atoms with Gasteiger partial charge in [0.1, 0.15) is 29.1 Å². The highest BCUT2D eigenvalue weighted by molar-refractivity contribution is 5.75. The summed E-state index contributed by atoms with van der Waals surface area (Å²) in [6, 6.07) is 10.3. The Balaban J connectivity index is 1.81. The SMILES string of the molecule is COc1cccc(C(NC(=O)NC(C)c2ccc(C)o2)c2nccn2C)c1. The number of furan rings is 1. The Bertz CT molecular complexity index is 915. The molecule has 0 aliphatic rings. The third kappa shape index (κ3) is 4.31. The second-order valence-electron chi connectivity index (χ2n) is 6.39. The molecule has 3 rings (SSSR count). The minimum atomic E-state index is -0.425. The maximum absolute atomic E-state index is 12.6. The molecule has 2 atom stereocenters. The van der Waals surface area contributed by atoms with Crippen LogP contribution >= 0.6 is 0 Å². The van der Waals surface area contributed by atoms with Crippen molar-refractivity contribution in [3.05, 3.63) is 71.7 Å². The number of hydrogen-bond donors (Lipinski definition) is 2. The van der Waals surface area contributed by atoms with Gasteiger partial charge in [0.25, 0.3) is 0 Å². The van der Waals surface area contributed by atoms with Crippen LogP contribution in [-0.2, 0) is 7.05 Å². The van der Waals surface area contributed by atoms with Gasteiger partial charge in [0, 0.05) is 19.4 Å². The highest BCUT2D eigenvalue weighted by Crippen LogP contribution is 2.24. The van der Waals surface area contributed by atoms with Gasteiger partial charge in [0.15, 0.2) is 0 Å². The molecule has 7 nitrogen and oxygen atoms in total. The zero-order valence-electron chi connectivity index (χ0n) is 15.9. The van der Waals surface area contributed by atoms with E-state index in [2.05, 4.69) is 15.6 Å². The maximum Gasteiger partial charge on any atom is 0.316 e. The van der Waals surface area contributed by atoms with Crippen molar-refractivity contribution >= 4 is 6.03 Å². The third-order valence-electron chi connectivity index (χ3n) is 4.35. The van der Waals surface area contributed by atoms with Crippen molar-refractivity contribution in [3.63, 3.8) is 0 Å². The summed E-state index contributed by atoms with van der Waals surface area (Å²) in [5, 5.41) is 5.91. The molecule has 0 spiro atoms. The molecule has 0 bridgehead atoms. The average Bonchev–Trinajstić information content (AvgIpc) is 3.28. The van der Waals surface area contributed by atoms with E-state index in [1.807, 2.05) is 68.1 Å². The zero-order valence-corrected chi connectivity index (χ0v) is 15.9. The summed E-state index contributed by atoms with van der Waals surface area (Å²) in [4.78, 5) is 17.0. The first-order valence-electron chi connectivity index (χ1n) is 8.72. The summed E-state index contributed by atoms with van der Waals surface area (Å²) < 4.78 is 12.8. The number of imidazole rings is 1. The Kier molecular flexibility index (Phi) is 5.49. The fourth-order valence-electron chi connectivity index (χ4n) is 2.90. The summed E-state index contributed by atoms with van der Waals surface area (Å²) in [6.07, 6.45) is 3.55. The number of aryl methyl sites for hydroxylation is 2. The standard InChI is InChI=1S/C20H24N4O3/c1-13-8-9-17(27-13)14(2)22-20(25)23-18(19-21-10-11-24(19)3)15-6-5-7-16(12-15)26-4/h5-12,14,18H,1-4H3,(H2,22,23,25). The Morgan fingerprint density at radius 3 is 2.70 bits per heavy atom. The normalized spacial score (nSPS) is 13.0. The molecule has 27 heavy (non-hydrogen) atoms. The quantitative estimate of drug-likeness (QED) is 0.698. The number of ether oxygens (including phenoxy) is 1. The molecule has 142 valence electrons. The molecule has 2 heterocycles. The summed E-state index contributed by atoms with van der Waals surface area (Å²) >= 11 is 0. The first-order valence-corrected chi connectivity index (χ1v) is 8.72. The van der Waals surface area contributed by atoms with Crippen molar-refractivity contribution in [2.75, 3.05) is 7.11 Å². The molecular formula is C20H24N4O3. The predicted molar refractivity (Wildman–Crippen MR) is 102 cm³/mol. The van der Waals surface area contributed by atoms with Gasteiger partial charge in [-0.05, 0) is 43.7 Å². The number of nitrogens with one attached hydrogen (secondary N) is 2. The molecule has 1 aromatic carbocycles. The van der Waals surface area contributed by atoms with Gasteiger partial charge in [-0.2, -0.15) is 0 Å². The molecule has 0 saturated carbocycles. The van der Waals surface area contributed by atoms with E-state index < -0.39 is 6.04 Å². The highest BCUT2D eigenvalue weighted by Gasteiger charge is 2.22. The van der Waals surface area contributed by atoms with Crippen LogP contribution in [0.25, 0.3) is 0 Å². The Morgan fingerprint density at radius 2 is 2.07 bits per heavy atom. The molecule has 0 fully saturated rings. The molecule has 2 N–H and O–H groups in total. The van der Waals surface area contributed by atoms with E-state index in [4.69, 9.17) is 9.15 Å². The number of amides is 2. The van der Waals surface area contributed by atoms with E-state index in [-0.39, 0.29) is 12.1 Å². The van der Waals surface area contributed by atoms with Crippen LogP contribution in [0.4, 0.5) is 4.79 Å². The number of carbonyl (C=O) groups excluding carboxylic acids is 1. The largest absolute Gasteiger partial charge is 0.497 e. The molecular weight excluding hydrogens is 344 g/mol. The lowest BCUT2D eigenvalue weighted by molar-refractivity contribution is 0.233. The van der Waals surface area contributed by atoms with Crippen LogP contribution in [0.2, 0.25) is 0 Å². The lowest BCUT2D eigenvalue weighted by atomic mass is 10.1. The number of nitrogens with zero attached hydrogens (tertiary/aromatic N) is 2. The average molecular weight is 368 g/mol. The smallest absolute Gasteiger partial charge is 0.316 e. The lowest BCUT2D eigenvalue weighted by Crippen LogP contribution is -2.40. The fraction of sp³-hybridized carbons (Fsp3) is 0.300. The van der Waals surface area contributed by atoms with Gasteiger partial charge in [-0.15, -0.1) is 0 Å². The topological polar surface area (TPSA) is 81.3 Å². The lowest BCUT2D eigenvalue weighted by Gasteiger charge is -2.21. The zero-order chi connectivity index (χ0) is 19.4. The van der Waals surface area contributed by atoms with Crippen molar-refractivity contribution in [3.8, 4) is 5.75 Å². The van der Waals surface area contributed by atoms with Crippen LogP contribution in [0.15, 0.2) is 53.2 Å². The minimum Gasteiger partial charge on any atom is -0.497 e. The number of rotatable bonds is 6. The number of hydrogen-bond acceptors (Lipinski definition) is 4. The molecule has 0 radical (unpaired) electrons. The van der Waals surface area contributed by atoms with Crippen molar-refractivity contribution in [2.24, 2.45) is 7.05 Å². The van der Waals surface area contributed by atoms with Crippen LogP contribution in [0.1, 0.15) is 41.9 Å². The van der Waals surface area contributed by atoms with E-state index in [1.54, 1.807) is 13.3 Å². The summed E-state index contributed by atoms with van der Waals surface area (Å²) in [6.45, 7) is 3.75. The van der Waals surface area contributed by atoms with Crippen LogP contribution in [0.3, 0.4) is 0 Å². The van der Waals surface area contributed by atoms with Gasteiger partial charge >= 0.3 is 6.03 Å². The number of urea groups is 1. The number of methoxy groups -OCH3 is 1. The van der Waals surface area contributed by atoms with E-state index in [0.717, 1.165) is 17.1 Å². The molecule has 0 aliphatic heterocycles. The van der Waals surface area contributed by atoms with Gasteiger partial charge in [-0.25, -0.2) is 9.78 Å². The van der Waals surface area contributed by atoms with E-state index in [9.17, 15) is 4.79 Å². The fourth-order valence-corrected chi connectivity index (χ4v) is 2.90. The van der Waals surface area contributed by atoms with Crippen molar-refractivity contribution in [2.45, 2.75) is 25.9 Å². The summed E-state index contributed by atoms with van der Waals surface area (Å²) in [7, 11) is 3.51. The van der Waals surface area contributed by atoms with Crippen molar-refractivity contribution < 1.29 is 13.9 Å². The third-order valence-corrected chi connectivity index (χ3v) is 4.35. The number of carbonyl (C=O) groups is 1. The first-order chi connectivity index (χ1) is 13.0. The van der Waals surface area contributed by atoms with Crippen LogP contribution in [0, 0.1) is 6.92 Å². The molecule has 0 aliphatic carbocycles. The van der Waals surface area contributed by atoms with E-state index >= 15 is 0 Å². The maximum atomic E-state index is 12.6. The molecule has 2 amide bonds. The molecule has 3 aromatic rings. The van der Waals surface area contributed by atoms with Crippen molar-refractivity contribution in [1.29, 1.82) is 0 Å². The highest BCUT2D eigenvalue weighted by atomic mass is 16.5. The van der Waals surface area contributed by atoms with Gasteiger partial charge in [0.2, 0.25) is 0 Å². The van der Waals surface area contributed by atoms with Crippen LogP contribution in [0.5, 0.6) is 5.75 Å². The van der Waals surface area contributed by atoms with Crippen LogP contribution in [-0.4, -0.2) is 22.7 Å². The second kappa shape index (κ2) is 7.99. The predicted octanol–water partition coefficient (Wildman–Crippen LogP) is 3.48. The minimum absolute atomic E-state index is 0.258. The number of benzene rings is 1. The van der Waals surface area contributed by atoms with E-state index in [1.165, 1.54) is 0 Å². The van der Waals surface area contributed by atoms with Gasteiger partial charge < -0.3 is 24.4 Å². The van der Waals surface area contributed by atoms with Crippen molar-refractivity contribution in [1.82, 2.24) is 20.2 Å². The Labute approximate surface area is 158 Å². The molecule has 0 saturated heterocycles. The Morgan fingerprint density at radius 1 is 1.26 bits per heavy atom. The number of aromatic nitrogens is 2. The molecule has 7 heteroatoms. The molecule has 2 unspecified atom stereocenters. The first kappa shape index (κ1) is 18.6. The van der Waals surface area contributed by atoms with Gasteiger partial charge in [-0.1, -0.05) is 12.1 Å². The Hall–Kier alpha value is -3.22. The molecule has 2 aromatic heterocycles. The summed E-state index contributed by atoms with van der Waals surface area (Å²) in [5.74, 6) is 2.95. The van der Waals surface area contributed by atoms with Gasteiger partial charge in [-0.3, -0.25) is 0 Å². The van der Waals surface area contributed by atoms with E-state index in [0.29, 0.717) is 11.5 Å². The monoisotopic (exact) mass is 368 g/mol. The second-order valence-corrected chi connectivity index (χ2v) is 6.39. The van der Waals surface area contributed by atoms with Crippen LogP contribution < -0.4 is 15.4 Å². The van der Waals surface area contributed by atoms with Gasteiger partial charge in [0.05, 0.1) is 13.2 Å².